The van der Waals surface area contributed by atoms with E-state index in [1.54, 1.807) is 29.2 Å². The molecule has 5 nitrogen and oxygen atoms in total. The van der Waals surface area contributed by atoms with Gasteiger partial charge in [0.25, 0.3) is 0 Å². The Morgan fingerprint density at radius 3 is 2.65 bits per heavy atom. The summed E-state index contributed by atoms with van der Waals surface area (Å²) in [6.07, 6.45) is 0. The second-order valence-corrected chi connectivity index (χ2v) is 3.86. The zero-order valence-electron chi connectivity index (χ0n) is 10.2. The topological polar surface area (TPSA) is 58.6 Å². The number of hydrogen-bond donors (Lipinski definition) is 1. The Kier molecular flexibility index (Phi) is 4.66. The van der Waals surface area contributed by atoms with Gasteiger partial charge in [0.2, 0.25) is 5.91 Å². The van der Waals surface area contributed by atoms with E-state index in [2.05, 4.69) is 10.1 Å². The Labute approximate surface area is 100 Å². The van der Waals surface area contributed by atoms with Crippen LogP contribution in [0.4, 0.5) is 5.69 Å². The van der Waals surface area contributed by atoms with Crippen LogP contribution in [0.5, 0.6) is 0 Å². The summed E-state index contributed by atoms with van der Waals surface area (Å²) in [6.45, 7) is 0.294. The Hall–Kier alpha value is -1.88. The first-order valence-electron chi connectivity index (χ1n) is 5.16. The lowest BCUT2D eigenvalue weighted by molar-refractivity contribution is -0.116. The van der Waals surface area contributed by atoms with Crippen LogP contribution in [-0.4, -0.2) is 44.5 Å². The Morgan fingerprint density at radius 2 is 2.06 bits per heavy atom. The van der Waals surface area contributed by atoms with Crippen molar-refractivity contribution in [3.05, 3.63) is 29.8 Å². The summed E-state index contributed by atoms with van der Waals surface area (Å²) in [4.78, 5) is 24.6. The molecule has 0 saturated carbocycles. The summed E-state index contributed by atoms with van der Waals surface area (Å²) >= 11 is 0. The van der Waals surface area contributed by atoms with Crippen molar-refractivity contribution in [2.75, 3.05) is 33.1 Å². The highest BCUT2D eigenvalue weighted by Crippen LogP contribution is 2.11. The maximum absolute atomic E-state index is 11.5. The first-order valence-corrected chi connectivity index (χ1v) is 5.16. The molecule has 5 heteroatoms. The summed E-state index contributed by atoms with van der Waals surface area (Å²) < 4.78 is 4.60. The van der Waals surface area contributed by atoms with Crippen molar-refractivity contribution < 1.29 is 14.3 Å². The van der Waals surface area contributed by atoms with E-state index in [0.717, 1.165) is 0 Å². The van der Waals surface area contributed by atoms with Gasteiger partial charge in [0, 0.05) is 5.69 Å². The van der Waals surface area contributed by atoms with Gasteiger partial charge in [-0.2, -0.15) is 0 Å². The number of rotatable bonds is 4. The molecule has 1 amide bonds. The van der Waals surface area contributed by atoms with Crippen LogP contribution in [0.3, 0.4) is 0 Å². The number of benzene rings is 1. The molecule has 0 atom stereocenters. The highest BCUT2D eigenvalue weighted by Gasteiger charge is 2.07. The highest BCUT2D eigenvalue weighted by atomic mass is 16.5. The van der Waals surface area contributed by atoms with Crippen molar-refractivity contribution in [3.8, 4) is 0 Å². The number of likely N-dealkylation sites (N-methyl/N-ethyl adjacent to an activating group) is 1. The Balaban J connectivity index is 2.72. The van der Waals surface area contributed by atoms with Crippen LogP contribution >= 0.6 is 0 Å². The summed E-state index contributed by atoms with van der Waals surface area (Å²) in [6, 6.07) is 6.63. The van der Waals surface area contributed by atoms with Crippen molar-refractivity contribution in [2.24, 2.45) is 0 Å². The van der Waals surface area contributed by atoms with E-state index < -0.39 is 5.97 Å². The minimum absolute atomic E-state index is 0.128. The largest absolute Gasteiger partial charge is 0.465 e. The average Bonchev–Trinajstić information content (AvgIpc) is 2.27. The second-order valence-electron chi connectivity index (χ2n) is 3.86. The molecule has 0 aromatic heterocycles. The van der Waals surface area contributed by atoms with Crippen LogP contribution in [0.25, 0.3) is 0 Å². The second kappa shape index (κ2) is 6.00. The van der Waals surface area contributed by atoms with Crippen molar-refractivity contribution in [1.29, 1.82) is 0 Å². The number of methoxy groups -OCH3 is 1. The van der Waals surface area contributed by atoms with Gasteiger partial charge in [-0.25, -0.2) is 4.79 Å². The molecule has 0 aliphatic carbocycles. The molecular weight excluding hydrogens is 220 g/mol. The monoisotopic (exact) mass is 236 g/mol. The SMILES string of the molecule is COC(=O)c1cccc(NC(=O)CN(C)C)c1. The summed E-state index contributed by atoms with van der Waals surface area (Å²) in [5.41, 5.74) is 0.995. The fourth-order valence-corrected chi connectivity index (χ4v) is 1.33. The molecule has 17 heavy (non-hydrogen) atoms. The van der Waals surface area contributed by atoms with Gasteiger partial charge in [-0.3, -0.25) is 4.79 Å². The maximum Gasteiger partial charge on any atom is 0.337 e. The molecule has 0 aliphatic rings. The molecular formula is C12H16N2O3. The van der Waals surface area contributed by atoms with Gasteiger partial charge in [-0.1, -0.05) is 6.07 Å². The smallest absolute Gasteiger partial charge is 0.337 e. The number of carbonyl (C=O) groups excluding carboxylic acids is 2. The van der Waals surface area contributed by atoms with E-state index in [9.17, 15) is 9.59 Å². The molecule has 92 valence electrons. The van der Waals surface area contributed by atoms with Gasteiger partial charge >= 0.3 is 5.97 Å². The van der Waals surface area contributed by atoms with Gasteiger partial charge in [0.05, 0.1) is 19.2 Å². The Morgan fingerprint density at radius 1 is 1.35 bits per heavy atom. The fraction of sp³-hybridized carbons (Fsp3) is 0.333. The minimum Gasteiger partial charge on any atom is -0.465 e. The summed E-state index contributed by atoms with van der Waals surface area (Å²) in [5.74, 6) is -0.550. The molecule has 1 rings (SSSR count). The van der Waals surface area contributed by atoms with Crippen LogP contribution in [0.1, 0.15) is 10.4 Å². The molecule has 0 bridgehead atoms. The number of esters is 1. The van der Waals surface area contributed by atoms with Gasteiger partial charge in [-0.15, -0.1) is 0 Å². The molecule has 0 heterocycles. The zero-order valence-corrected chi connectivity index (χ0v) is 10.2. The van der Waals surface area contributed by atoms with Crippen LogP contribution in [0, 0.1) is 0 Å². The number of nitrogens with one attached hydrogen (secondary N) is 1. The Bertz CT molecular complexity index is 416. The van der Waals surface area contributed by atoms with E-state index in [1.807, 2.05) is 14.1 Å². The molecule has 0 fully saturated rings. The maximum atomic E-state index is 11.5. The molecule has 0 saturated heterocycles. The first-order chi connectivity index (χ1) is 8.02. The fourth-order valence-electron chi connectivity index (χ4n) is 1.33. The third kappa shape index (κ3) is 4.24. The van der Waals surface area contributed by atoms with E-state index in [1.165, 1.54) is 7.11 Å². The lowest BCUT2D eigenvalue weighted by Crippen LogP contribution is -2.27. The predicted octanol–water partition coefficient (Wildman–Crippen LogP) is 0.973. The number of hydrogen-bond acceptors (Lipinski definition) is 4. The molecule has 0 aliphatic heterocycles. The zero-order chi connectivity index (χ0) is 12.8. The number of anilines is 1. The van der Waals surface area contributed by atoms with E-state index in [0.29, 0.717) is 17.8 Å². The number of ether oxygens (including phenoxy) is 1. The molecule has 0 radical (unpaired) electrons. The minimum atomic E-state index is -0.422. The number of carbonyl (C=O) groups is 2. The number of nitrogens with zero attached hydrogens (tertiary/aromatic N) is 1. The standard InChI is InChI=1S/C12H16N2O3/c1-14(2)8-11(15)13-10-6-4-5-9(7-10)12(16)17-3/h4-7H,8H2,1-3H3,(H,13,15). The van der Waals surface area contributed by atoms with Crippen LogP contribution in [-0.2, 0) is 9.53 Å². The number of amides is 1. The lowest BCUT2D eigenvalue weighted by atomic mass is 10.2. The summed E-state index contributed by atoms with van der Waals surface area (Å²) in [5, 5.41) is 2.70. The average molecular weight is 236 g/mol. The van der Waals surface area contributed by atoms with Gasteiger partial charge in [0.15, 0.2) is 0 Å². The van der Waals surface area contributed by atoms with Crippen molar-refractivity contribution in [3.63, 3.8) is 0 Å². The van der Waals surface area contributed by atoms with Crippen LogP contribution in [0.15, 0.2) is 24.3 Å². The molecule has 0 unspecified atom stereocenters. The van der Waals surface area contributed by atoms with Crippen LogP contribution < -0.4 is 5.32 Å². The van der Waals surface area contributed by atoms with Gasteiger partial charge < -0.3 is 15.0 Å². The predicted molar refractivity (Wildman–Crippen MR) is 65.0 cm³/mol. The first kappa shape index (κ1) is 13.2. The summed E-state index contributed by atoms with van der Waals surface area (Å²) in [7, 11) is 4.94. The van der Waals surface area contributed by atoms with Gasteiger partial charge in [0.1, 0.15) is 0 Å². The van der Waals surface area contributed by atoms with E-state index in [-0.39, 0.29) is 5.91 Å². The van der Waals surface area contributed by atoms with Crippen molar-refractivity contribution >= 4 is 17.6 Å². The molecule has 1 N–H and O–H groups in total. The van der Waals surface area contributed by atoms with E-state index in [4.69, 9.17) is 0 Å². The van der Waals surface area contributed by atoms with E-state index >= 15 is 0 Å². The normalized spacial score (nSPS) is 10.1. The lowest BCUT2D eigenvalue weighted by Gasteiger charge is -2.10. The van der Waals surface area contributed by atoms with Crippen LogP contribution in [0.2, 0.25) is 0 Å². The quantitative estimate of drug-likeness (QED) is 0.791. The molecule has 1 aromatic rings. The van der Waals surface area contributed by atoms with Crippen molar-refractivity contribution in [1.82, 2.24) is 4.90 Å². The third-order valence-corrected chi connectivity index (χ3v) is 2.03. The van der Waals surface area contributed by atoms with Gasteiger partial charge in [-0.05, 0) is 32.3 Å². The molecule has 1 aromatic carbocycles. The highest BCUT2D eigenvalue weighted by molar-refractivity contribution is 5.95. The molecule has 0 spiro atoms. The van der Waals surface area contributed by atoms with Crippen molar-refractivity contribution in [2.45, 2.75) is 0 Å². The third-order valence-electron chi connectivity index (χ3n) is 2.03.